The number of nitrogen functional groups attached to an aromatic ring is 1. The molecule has 1 saturated heterocycles. The predicted molar refractivity (Wildman–Crippen MR) is 65.2 cm³/mol. The number of piperazine rings is 1. The summed E-state index contributed by atoms with van der Waals surface area (Å²) in [5.74, 6) is 0.751. The Labute approximate surface area is 99.7 Å². The number of rotatable bonds is 1. The summed E-state index contributed by atoms with van der Waals surface area (Å²) in [5.41, 5.74) is 7.58. The SMILES string of the molecule is Cc1cnc(N2CCN(C(=O)O)CC2)c(N)c1. The summed E-state index contributed by atoms with van der Waals surface area (Å²) in [6.45, 7) is 4.18. The second-order valence-corrected chi connectivity index (χ2v) is 4.18. The number of hydrogen-bond donors (Lipinski definition) is 2. The van der Waals surface area contributed by atoms with Crippen LogP contribution in [0.3, 0.4) is 0 Å². The first-order valence-corrected chi connectivity index (χ1v) is 5.53. The summed E-state index contributed by atoms with van der Waals surface area (Å²) in [5, 5.41) is 8.85. The van der Waals surface area contributed by atoms with Gasteiger partial charge >= 0.3 is 6.09 Å². The molecule has 0 aromatic carbocycles. The number of aromatic nitrogens is 1. The Morgan fingerprint density at radius 1 is 1.41 bits per heavy atom. The van der Waals surface area contributed by atoms with Gasteiger partial charge in [0, 0.05) is 32.4 Å². The number of carbonyl (C=O) groups is 1. The normalized spacial score (nSPS) is 16.1. The zero-order chi connectivity index (χ0) is 12.4. The molecule has 0 saturated carbocycles. The standard InChI is InChI=1S/C11H16N4O2/c1-8-6-9(12)10(13-7-8)14-2-4-15(5-3-14)11(16)17/h6-7H,2-5,12H2,1H3,(H,16,17). The van der Waals surface area contributed by atoms with Gasteiger partial charge in [-0.25, -0.2) is 9.78 Å². The molecule has 0 aliphatic carbocycles. The van der Waals surface area contributed by atoms with Gasteiger partial charge in [0.05, 0.1) is 5.69 Å². The van der Waals surface area contributed by atoms with Crippen molar-refractivity contribution in [2.45, 2.75) is 6.92 Å². The fraction of sp³-hybridized carbons (Fsp3) is 0.455. The van der Waals surface area contributed by atoms with Gasteiger partial charge in [0.1, 0.15) is 0 Å². The van der Waals surface area contributed by atoms with Crippen molar-refractivity contribution < 1.29 is 9.90 Å². The molecular weight excluding hydrogens is 220 g/mol. The Morgan fingerprint density at radius 2 is 2.06 bits per heavy atom. The van der Waals surface area contributed by atoms with E-state index in [-0.39, 0.29) is 0 Å². The van der Waals surface area contributed by atoms with Gasteiger partial charge in [-0.05, 0) is 18.6 Å². The summed E-state index contributed by atoms with van der Waals surface area (Å²) in [6.07, 6.45) is 0.907. The largest absolute Gasteiger partial charge is 0.465 e. The highest BCUT2D eigenvalue weighted by atomic mass is 16.4. The maximum Gasteiger partial charge on any atom is 0.407 e. The number of aryl methyl sites for hydroxylation is 1. The number of nitrogens with two attached hydrogens (primary N) is 1. The third-order valence-electron chi connectivity index (χ3n) is 2.88. The minimum atomic E-state index is -0.866. The van der Waals surface area contributed by atoms with Gasteiger partial charge in [-0.15, -0.1) is 0 Å². The van der Waals surface area contributed by atoms with E-state index in [1.54, 1.807) is 6.20 Å². The van der Waals surface area contributed by atoms with Gasteiger partial charge in [-0.2, -0.15) is 0 Å². The molecule has 6 nitrogen and oxygen atoms in total. The van der Waals surface area contributed by atoms with Crippen molar-refractivity contribution in [2.24, 2.45) is 0 Å². The Bertz CT molecular complexity index is 427. The number of carboxylic acid groups (broad SMARTS) is 1. The molecule has 2 heterocycles. The molecule has 0 radical (unpaired) electrons. The molecular formula is C11H16N4O2. The van der Waals surface area contributed by atoms with Crippen LogP contribution in [0.2, 0.25) is 0 Å². The van der Waals surface area contributed by atoms with E-state index in [2.05, 4.69) is 4.98 Å². The van der Waals surface area contributed by atoms with Crippen molar-refractivity contribution in [3.8, 4) is 0 Å². The zero-order valence-corrected chi connectivity index (χ0v) is 9.76. The van der Waals surface area contributed by atoms with Crippen LogP contribution in [0.15, 0.2) is 12.3 Å². The van der Waals surface area contributed by atoms with E-state index in [0.29, 0.717) is 31.9 Å². The smallest absolute Gasteiger partial charge is 0.407 e. The second kappa shape index (κ2) is 4.48. The molecule has 3 N–H and O–H groups in total. The molecule has 1 aromatic heterocycles. The Balaban J connectivity index is 2.08. The molecule has 0 spiro atoms. The minimum absolute atomic E-state index is 0.490. The molecule has 0 atom stereocenters. The monoisotopic (exact) mass is 236 g/mol. The van der Waals surface area contributed by atoms with Gasteiger partial charge in [0.15, 0.2) is 5.82 Å². The number of pyridine rings is 1. The van der Waals surface area contributed by atoms with Crippen molar-refractivity contribution in [1.82, 2.24) is 9.88 Å². The molecule has 1 fully saturated rings. The molecule has 0 bridgehead atoms. The van der Waals surface area contributed by atoms with E-state index in [1.807, 2.05) is 17.9 Å². The van der Waals surface area contributed by atoms with Crippen LogP contribution in [-0.4, -0.2) is 47.3 Å². The lowest BCUT2D eigenvalue weighted by Crippen LogP contribution is -2.48. The molecule has 1 amide bonds. The summed E-state index contributed by atoms with van der Waals surface area (Å²) in [6, 6.07) is 1.88. The molecule has 2 rings (SSSR count). The molecule has 1 aromatic rings. The summed E-state index contributed by atoms with van der Waals surface area (Å²) in [4.78, 5) is 18.5. The van der Waals surface area contributed by atoms with Gasteiger partial charge < -0.3 is 20.6 Å². The van der Waals surface area contributed by atoms with Gasteiger partial charge in [-0.1, -0.05) is 0 Å². The van der Waals surface area contributed by atoms with Crippen LogP contribution >= 0.6 is 0 Å². The van der Waals surface area contributed by atoms with E-state index in [0.717, 1.165) is 11.4 Å². The fourth-order valence-corrected chi connectivity index (χ4v) is 1.96. The molecule has 6 heteroatoms. The average molecular weight is 236 g/mol. The van der Waals surface area contributed by atoms with Gasteiger partial charge in [0.25, 0.3) is 0 Å². The molecule has 17 heavy (non-hydrogen) atoms. The van der Waals surface area contributed by atoms with Crippen molar-refractivity contribution >= 4 is 17.6 Å². The quantitative estimate of drug-likeness (QED) is 0.752. The second-order valence-electron chi connectivity index (χ2n) is 4.18. The van der Waals surface area contributed by atoms with Crippen LogP contribution in [0.5, 0.6) is 0 Å². The highest BCUT2D eigenvalue weighted by Crippen LogP contribution is 2.22. The van der Waals surface area contributed by atoms with Crippen LogP contribution in [0, 0.1) is 6.92 Å². The Morgan fingerprint density at radius 3 is 2.59 bits per heavy atom. The summed E-state index contributed by atoms with van der Waals surface area (Å²) >= 11 is 0. The van der Waals surface area contributed by atoms with Crippen molar-refractivity contribution in [1.29, 1.82) is 0 Å². The maximum atomic E-state index is 10.8. The van der Waals surface area contributed by atoms with E-state index < -0.39 is 6.09 Å². The van der Waals surface area contributed by atoms with Crippen molar-refractivity contribution in [3.63, 3.8) is 0 Å². The molecule has 92 valence electrons. The number of amides is 1. The first-order valence-electron chi connectivity index (χ1n) is 5.53. The highest BCUT2D eigenvalue weighted by molar-refractivity contribution is 5.67. The van der Waals surface area contributed by atoms with Crippen LogP contribution in [-0.2, 0) is 0 Å². The lowest BCUT2D eigenvalue weighted by atomic mass is 10.2. The van der Waals surface area contributed by atoms with Gasteiger partial charge in [0.2, 0.25) is 0 Å². The highest BCUT2D eigenvalue weighted by Gasteiger charge is 2.22. The Kier molecular flexibility index (Phi) is 3.03. The molecule has 1 aliphatic heterocycles. The van der Waals surface area contributed by atoms with E-state index >= 15 is 0 Å². The third-order valence-corrected chi connectivity index (χ3v) is 2.88. The molecule has 1 aliphatic rings. The Hall–Kier alpha value is -1.98. The van der Waals surface area contributed by atoms with Crippen molar-refractivity contribution in [2.75, 3.05) is 36.8 Å². The number of nitrogens with zero attached hydrogens (tertiary/aromatic N) is 3. The van der Waals surface area contributed by atoms with Crippen LogP contribution in [0.1, 0.15) is 5.56 Å². The summed E-state index contributed by atoms with van der Waals surface area (Å²) in [7, 11) is 0. The fourth-order valence-electron chi connectivity index (χ4n) is 1.96. The van der Waals surface area contributed by atoms with E-state index in [4.69, 9.17) is 10.8 Å². The molecule has 0 unspecified atom stereocenters. The topological polar surface area (TPSA) is 82.7 Å². The van der Waals surface area contributed by atoms with Crippen LogP contribution < -0.4 is 10.6 Å². The first kappa shape index (κ1) is 11.5. The van der Waals surface area contributed by atoms with Crippen LogP contribution in [0.4, 0.5) is 16.3 Å². The predicted octanol–water partition coefficient (Wildman–Crippen LogP) is 0.772. The number of anilines is 2. The van der Waals surface area contributed by atoms with Gasteiger partial charge in [-0.3, -0.25) is 0 Å². The maximum absolute atomic E-state index is 10.8. The van der Waals surface area contributed by atoms with Crippen molar-refractivity contribution in [3.05, 3.63) is 17.8 Å². The lowest BCUT2D eigenvalue weighted by Gasteiger charge is -2.34. The number of hydrogen-bond acceptors (Lipinski definition) is 4. The summed E-state index contributed by atoms with van der Waals surface area (Å²) < 4.78 is 0. The first-order chi connectivity index (χ1) is 8.08. The van der Waals surface area contributed by atoms with Crippen LogP contribution in [0.25, 0.3) is 0 Å². The zero-order valence-electron chi connectivity index (χ0n) is 9.76. The average Bonchev–Trinajstić information content (AvgIpc) is 2.29. The van der Waals surface area contributed by atoms with E-state index in [9.17, 15) is 4.79 Å². The lowest BCUT2D eigenvalue weighted by molar-refractivity contribution is 0.142. The minimum Gasteiger partial charge on any atom is -0.465 e. The van der Waals surface area contributed by atoms with E-state index in [1.165, 1.54) is 4.90 Å². The third kappa shape index (κ3) is 2.41.